The molecule has 4 heteroatoms. The number of aliphatic hydroxyl groups is 1. The molecule has 0 aliphatic carbocycles. The van der Waals surface area contributed by atoms with Gasteiger partial charge in [-0.05, 0) is 43.4 Å². The minimum absolute atomic E-state index is 0.0693. The third-order valence-electron chi connectivity index (χ3n) is 4.62. The van der Waals surface area contributed by atoms with Crippen LogP contribution in [0.3, 0.4) is 0 Å². The molecule has 1 heterocycles. The number of rotatable bonds is 4. The number of hydrogen-bond acceptors (Lipinski definition) is 2. The fourth-order valence-electron chi connectivity index (χ4n) is 3.11. The second-order valence-electron chi connectivity index (χ2n) is 6.07. The van der Waals surface area contributed by atoms with Crippen molar-refractivity contribution in [1.29, 1.82) is 0 Å². The number of carbonyl (C=O) groups excluding carboxylic acids is 1. The highest BCUT2D eigenvalue weighted by Crippen LogP contribution is 2.26. The average molecular weight is 293 g/mol. The molecule has 1 aliphatic rings. The number of nitrogens with zero attached hydrogens (tertiary/aromatic N) is 1. The Kier molecular flexibility index (Phi) is 5.34. The molecule has 0 aromatic heterocycles. The van der Waals surface area contributed by atoms with Gasteiger partial charge < -0.3 is 10.0 Å². The first kappa shape index (κ1) is 16.0. The molecule has 21 heavy (non-hydrogen) atoms. The third-order valence-corrected chi connectivity index (χ3v) is 4.62. The Hall–Kier alpha value is -1.42. The fraction of sp³-hybridized carbons (Fsp3) is 0.588. The van der Waals surface area contributed by atoms with Crippen molar-refractivity contribution in [3.8, 4) is 0 Å². The van der Waals surface area contributed by atoms with Gasteiger partial charge in [-0.2, -0.15) is 0 Å². The Labute approximate surface area is 125 Å². The van der Waals surface area contributed by atoms with Crippen molar-refractivity contribution >= 4 is 5.91 Å². The van der Waals surface area contributed by atoms with Crippen LogP contribution in [0.5, 0.6) is 0 Å². The minimum Gasteiger partial charge on any atom is -0.396 e. The second kappa shape index (κ2) is 7.03. The third kappa shape index (κ3) is 3.82. The Bertz CT molecular complexity index is 474. The predicted molar refractivity (Wildman–Crippen MR) is 80.4 cm³/mol. The van der Waals surface area contributed by atoms with Crippen LogP contribution in [0.25, 0.3) is 0 Å². The van der Waals surface area contributed by atoms with Crippen molar-refractivity contribution < 1.29 is 14.3 Å². The van der Waals surface area contributed by atoms with Crippen molar-refractivity contribution in [2.24, 2.45) is 5.92 Å². The van der Waals surface area contributed by atoms with Crippen LogP contribution in [0.15, 0.2) is 24.3 Å². The number of benzene rings is 1. The van der Waals surface area contributed by atoms with Gasteiger partial charge in [0.15, 0.2) is 0 Å². The first-order chi connectivity index (χ1) is 10.0. The van der Waals surface area contributed by atoms with E-state index >= 15 is 0 Å². The molecule has 2 rings (SSSR count). The lowest BCUT2D eigenvalue weighted by molar-refractivity contribution is -0.136. The summed E-state index contributed by atoms with van der Waals surface area (Å²) in [6.07, 6.45) is 2.36. The average Bonchev–Trinajstić information content (AvgIpc) is 2.48. The fourth-order valence-corrected chi connectivity index (χ4v) is 3.11. The molecule has 0 radical (unpaired) electrons. The molecule has 0 bridgehead atoms. The zero-order valence-electron chi connectivity index (χ0n) is 12.8. The smallest absolute Gasteiger partial charge is 0.223 e. The van der Waals surface area contributed by atoms with Crippen molar-refractivity contribution in [3.05, 3.63) is 35.6 Å². The highest BCUT2D eigenvalue weighted by atomic mass is 19.1. The van der Waals surface area contributed by atoms with E-state index in [2.05, 4.69) is 0 Å². The lowest BCUT2D eigenvalue weighted by Gasteiger charge is -2.39. The molecule has 1 saturated heterocycles. The van der Waals surface area contributed by atoms with E-state index in [1.165, 1.54) is 12.1 Å². The maximum Gasteiger partial charge on any atom is 0.223 e. The van der Waals surface area contributed by atoms with Gasteiger partial charge in [0, 0.05) is 31.5 Å². The van der Waals surface area contributed by atoms with Crippen LogP contribution in [0, 0.1) is 11.7 Å². The van der Waals surface area contributed by atoms with Gasteiger partial charge >= 0.3 is 0 Å². The summed E-state index contributed by atoms with van der Waals surface area (Å²) in [4.78, 5) is 14.4. The van der Waals surface area contributed by atoms with Crippen LogP contribution in [0.4, 0.5) is 4.39 Å². The molecular weight excluding hydrogens is 269 g/mol. The van der Waals surface area contributed by atoms with Crippen LogP contribution in [0.1, 0.15) is 44.6 Å². The van der Waals surface area contributed by atoms with Crippen molar-refractivity contribution in [3.63, 3.8) is 0 Å². The molecule has 0 spiro atoms. The number of amides is 1. The molecule has 1 N–H and O–H groups in total. The molecule has 1 aromatic carbocycles. The molecule has 3 nitrogen and oxygen atoms in total. The summed E-state index contributed by atoms with van der Waals surface area (Å²) < 4.78 is 12.9. The van der Waals surface area contributed by atoms with E-state index < -0.39 is 0 Å². The molecule has 3 atom stereocenters. The largest absolute Gasteiger partial charge is 0.396 e. The first-order valence-electron chi connectivity index (χ1n) is 7.68. The summed E-state index contributed by atoms with van der Waals surface area (Å²) in [5, 5.41) is 9.37. The maximum absolute atomic E-state index is 12.9. The number of carbonyl (C=O) groups is 1. The van der Waals surface area contributed by atoms with Crippen LogP contribution in [0.2, 0.25) is 0 Å². The lowest BCUT2D eigenvalue weighted by atomic mass is 9.89. The quantitative estimate of drug-likeness (QED) is 0.927. The summed E-state index contributed by atoms with van der Waals surface area (Å²) in [6, 6.07) is 6.44. The summed E-state index contributed by atoms with van der Waals surface area (Å²) in [6.45, 7) is 4.91. The molecule has 1 aromatic rings. The van der Waals surface area contributed by atoms with Crippen molar-refractivity contribution in [2.75, 3.05) is 13.2 Å². The van der Waals surface area contributed by atoms with E-state index in [0.717, 1.165) is 24.9 Å². The predicted octanol–water partition coefficient (Wildman–Crippen LogP) is 2.94. The normalized spacial score (nSPS) is 23.9. The summed E-state index contributed by atoms with van der Waals surface area (Å²) in [7, 11) is 0. The second-order valence-corrected chi connectivity index (χ2v) is 6.07. The van der Waals surface area contributed by atoms with Crippen LogP contribution < -0.4 is 0 Å². The zero-order chi connectivity index (χ0) is 15.4. The van der Waals surface area contributed by atoms with E-state index in [0.29, 0.717) is 6.42 Å². The van der Waals surface area contributed by atoms with Gasteiger partial charge in [-0.15, -0.1) is 0 Å². The highest BCUT2D eigenvalue weighted by molar-refractivity contribution is 5.77. The van der Waals surface area contributed by atoms with Gasteiger partial charge in [-0.25, -0.2) is 4.39 Å². The van der Waals surface area contributed by atoms with E-state index in [1.807, 2.05) is 18.7 Å². The Morgan fingerprint density at radius 2 is 2.10 bits per heavy atom. The monoisotopic (exact) mass is 293 g/mol. The van der Waals surface area contributed by atoms with Crippen LogP contribution in [-0.2, 0) is 4.79 Å². The number of hydrogen-bond donors (Lipinski definition) is 1. The molecule has 0 saturated carbocycles. The van der Waals surface area contributed by atoms with E-state index in [-0.39, 0.29) is 36.2 Å². The maximum atomic E-state index is 12.9. The minimum atomic E-state index is -0.257. The topological polar surface area (TPSA) is 40.5 Å². The van der Waals surface area contributed by atoms with Gasteiger partial charge in [0.1, 0.15) is 5.82 Å². The van der Waals surface area contributed by atoms with Gasteiger partial charge in [0.05, 0.1) is 0 Å². The molecule has 1 amide bonds. The number of aliphatic hydroxyl groups excluding tert-OH is 1. The SMILES string of the molecule is CC(CC(=O)N1CCCC(CO)C1C)c1ccc(F)cc1. The van der Waals surface area contributed by atoms with Gasteiger partial charge in [0.2, 0.25) is 5.91 Å². The summed E-state index contributed by atoms with van der Waals surface area (Å²) in [5.74, 6) is 0.119. The van der Waals surface area contributed by atoms with Gasteiger partial charge in [-0.3, -0.25) is 4.79 Å². The molecule has 1 fully saturated rings. The molecule has 116 valence electrons. The standard InChI is InChI=1S/C17H24FNO2/c1-12(14-5-7-16(18)8-6-14)10-17(21)19-9-3-4-15(11-20)13(19)2/h5-8,12-13,15,20H,3-4,9-11H2,1-2H3. The number of halogens is 1. The number of piperidine rings is 1. The summed E-state index contributed by atoms with van der Waals surface area (Å²) in [5.41, 5.74) is 0.980. The van der Waals surface area contributed by atoms with E-state index in [9.17, 15) is 14.3 Å². The molecule has 1 aliphatic heterocycles. The molecular formula is C17H24FNO2. The first-order valence-corrected chi connectivity index (χ1v) is 7.68. The Balaban J connectivity index is 1.98. The lowest BCUT2D eigenvalue weighted by Crippen LogP contribution is -2.48. The highest BCUT2D eigenvalue weighted by Gasteiger charge is 2.31. The van der Waals surface area contributed by atoms with Crippen molar-refractivity contribution in [2.45, 2.75) is 45.1 Å². The molecule has 3 unspecified atom stereocenters. The van der Waals surface area contributed by atoms with E-state index in [1.54, 1.807) is 12.1 Å². The summed E-state index contributed by atoms with van der Waals surface area (Å²) >= 11 is 0. The van der Waals surface area contributed by atoms with Crippen molar-refractivity contribution in [1.82, 2.24) is 4.90 Å². The van der Waals surface area contributed by atoms with Gasteiger partial charge in [0.25, 0.3) is 0 Å². The zero-order valence-corrected chi connectivity index (χ0v) is 12.8. The van der Waals surface area contributed by atoms with Crippen LogP contribution >= 0.6 is 0 Å². The van der Waals surface area contributed by atoms with Gasteiger partial charge in [-0.1, -0.05) is 19.1 Å². The van der Waals surface area contributed by atoms with Crippen LogP contribution in [-0.4, -0.2) is 35.1 Å². The number of likely N-dealkylation sites (tertiary alicyclic amines) is 1. The Morgan fingerprint density at radius 3 is 2.71 bits per heavy atom. The Morgan fingerprint density at radius 1 is 1.43 bits per heavy atom. The van der Waals surface area contributed by atoms with E-state index in [4.69, 9.17) is 0 Å².